The molecule has 3 amide bonds. The molecule has 152 valence electrons. The van der Waals surface area contributed by atoms with Gasteiger partial charge in [-0.05, 0) is 35.9 Å². The smallest absolute Gasteiger partial charge is 0.254 e. The number of hydrogen-bond donors (Lipinski definition) is 3. The Labute approximate surface area is 171 Å². The third kappa shape index (κ3) is 4.02. The largest absolute Gasteiger partial charge is 0.340 e. The van der Waals surface area contributed by atoms with Crippen LogP contribution in [0.5, 0.6) is 0 Å². The first-order chi connectivity index (χ1) is 14.5. The van der Waals surface area contributed by atoms with Gasteiger partial charge in [-0.3, -0.25) is 14.4 Å². The minimum Gasteiger partial charge on any atom is -0.340 e. The van der Waals surface area contributed by atoms with Crippen LogP contribution >= 0.6 is 0 Å². The summed E-state index contributed by atoms with van der Waals surface area (Å²) >= 11 is 0. The second-order valence-electron chi connectivity index (χ2n) is 6.80. The van der Waals surface area contributed by atoms with Crippen LogP contribution in [-0.4, -0.2) is 44.0 Å². The predicted molar refractivity (Wildman–Crippen MR) is 108 cm³/mol. The molecule has 1 aromatic heterocycles. The summed E-state index contributed by atoms with van der Waals surface area (Å²) in [5, 5.41) is 20.2. The van der Waals surface area contributed by atoms with Gasteiger partial charge >= 0.3 is 0 Å². The molecule has 2 aromatic carbocycles. The molecule has 3 N–H and O–H groups in total. The van der Waals surface area contributed by atoms with Crippen molar-refractivity contribution < 1.29 is 14.4 Å². The van der Waals surface area contributed by atoms with Crippen molar-refractivity contribution in [3.63, 3.8) is 0 Å². The van der Waals surface area contributed by atoms with Crippen LogP contribution in [0.2, 0.25) is 0 Å². The van der Waals surface area contributed by atoms with Crippen molar-refractivity contribution in [3.05, 3.63) is 54.1 Å². The third-order valence-corrected chi connectivity index (χ3v) is 4.66. The van der Waals surface area contributed by atoms with Crippen molar-refractivity contribution in [3.8, 4) is 11.4 Å². The summed E-state index contributed by atoms with van der Waals surface area (Å²) in [6.07, 6.45) is 0.194. The van der Waals surface area contributed by atoms with E-state index in [0.717, 1.165) is 0 Å². The van der Waals surface area contributed by atoms with Crippen LogP contribution < -0.4 is 16.0 Å². The Balaban J connectivity index is 1.41. The molecule has 0 unspecified atom stereocenters. The summed E-state index contributed by atoms with van der Waals surface area (Å²) in [6, 6.07) is 13.1. The highest BCUT2D eigenvalue weighted by Gasteiger charge is 2.28. The van der Waals surface area contributed by atoms with Crippen molar-refractivity contribution in [2.24, 2.45) is 7.05 Å². The first-order valence-electron chi connectivity index (χ1n) is 9.35. The van der Waals surface area contributed by atoms with Gasteiger partial charge in [0.2, 0.25) is 17.6 Å². The first kappa shape index (κ1) is 19.2. The second kappa shape index (κ2) is 8.11. The van der Waals surface area contributed by atoms with Gasteiger partial charge in [0.15, 0.2) is 0 Å². The number of rotatable bonds is 5. The molecular formula is C20H19N7O3. The van der Waals surface area contributed by atoms with E-state index in [2.05, 4.69) is 31.4 Å². The molecule has 0 saturated heterocycles. The number of carbonyl (C=O) groups excluding carboxylic acids is 3. The van der Waals surface area contributed by atoms with Gasteiger partial charge in [0.05, 0.1) is 24.0 Å². The minimum atomic E-state index is -0.812. The number of carbonyl (C=O) groups is 3. The maximum atomic E-state index is 12.5. The van der Waals surface area contributed by atoms with Crippen LogP contribution in [0, 0.1) is 0 Å². The SMILES string of the molecule is Cn1nnc(-c2ccccc2NC(=O)CC[C@@H]2NC(=O)c3ccccc3NC2=O)n1. The minimum absolute atomic E-state index is 0.0386. The Morgan fingerprint density at radius 3 is 2.60 bits per heavy atom. The van der Waals surface area contributed by atoms with Crippen molar-refractivity contribution in [2.45, 2.75) is 18.9 Å². The number of aryl methyl sites for hydroxylation is 1. The van der Waals surface area contributed by atoms with E-state index in [1.165, 1.54) is 4.80 Å². The molecule has 0 fully saturated rings. The van der Waals surface area contributed by atoms with Gasteiger partial charge in [0.1, 0.15) is 6.04 Å². The molecule has 10 nitrogen and oxygen atoms in total. The fourth-order valence-corrected chi connectivity index (χ4v) is 3.18. The number of fused-ring (bicyclic) bond motifs is 1. The lowest BCUT2D eigenvalue weighted by Gasteiger charge is -2.14. The Morgan fingerprint density at radius 1 is 1.10 bits per heavy atom. The zero-order valence-corrected chi connectivity index (χ0v) is 16.1. The van der Waals surface area contributed by atoms with E-state index in [0.29, 0.717) is 28.3 Å². The summed E-state index contributed by atoms with van der Waals surface area (Å²) in [5.41, 5.74) is 2.02. The van der Waals surface area contributed by atoms with E-state index in [1.807, 2.05) is 6.07 Å². The number of benzene rings is 2. The molecule has 0 aliphatic carbocycles. The van der Waals surface area contributed by atoms with E-state index in [9.17, 15) is 14.4 Å². The number of para-hydroxylation sites is 2. The Hall–Kier alpha value is -4.08. The fraction of sp³-hybridized carbons (Fsp3) is 0.200. The standard InChI is InChI=1S/C20H19N7O3/c1-27-25-18(24-26-27)12-6-2-4-8-14(12)21-17(28)11-10-16-20(30)22-15-9-5-3-7-13(15)19(29)23-16/h2-9,16H,10-11H2,1H3,(H,21,28)(H,22,30)(H,23,29)/t16-/m0/s1. The average Bonchev–Trinajstić information content (AvgIpc) is 3.12. The van der Waals surface area contributed by atoms with Crippen LogP contribution in [0.15, 0.2) is 48.5 Å². The maximum Gasteiger partial charge on any atom is 0.254 e. The highest BCUT2D eigenvalue weighted by molar-refractivity contribution is 6.10. The Morgan fingerprint density at radius 2 is 1.83 bits per heavy atom. The molecule has 0 saturated carbocycles. The average molecular weight is 405 g/mol. The topological polar surface area (TPSA) is 131 Å². The zero-order valence-electron chi connectivity index (χ0n) is 16.1. The number of amides is 3. The highest BCUT2D eigenvalue weighted by atomic mass is 16.2. The second-order valence-corrected chi connectivity index (χ2v) is 6.80. The van der Waals surface area contributed by atoms with Crippen molar-refractivity contribution in [1.29, 1.82) is 0 Å². The van der Waals surface area contributed by atoms with Gasteiger partial charge in [0, 0.05) is 12.0 Å². The van der Waals surface area contributed by atoms with E-state index in [4.69, 9.17) is 0 Å². The van der Waals surface area contributed by atoms with E-state index in [1.54, 1.807) is 49.5 Å². The van der Waals surface area contributed by atoms with Gasteiger partial charge in [0.25, 0.3) is 5.91 Å². The van der Waals surface area contributed by atoms with Crippen LogP contribution in [0.4, 0.5) is 11.4 Å². The number of nitrogens with one attached hydrogen (secondary N) is 3. The summed E-state index contributed by atoms with van der Waals surface area (Å²) in [4.78, 5) is 38.7. The summed E-state index contributed by atoms with van der Waals surface area (Å²) in [5.74, 6) is -0.615. The predicted octanol–water partition coefficient (Wildman–Crippen LogP) is 1.35. The molecule has 0 radical (unpaired) electrons. The van der Waals surface area contributed by atoms with E-state index < -0.39 is 6.04 Å². The van der Waals surface area contributed by atoms with Crippen molar-refractivity contribution in [2.75, 3.05) is 10.6 Å². The Bertz CT molecular complexity index is 1120. The zero-order chi connectivity index (χ0) is 21.1. The monoisotopic (exact) mass is 405 g/mol. The normalized spacial score (nSPS) is 15.6. The van der Waals surface area contributed by atoms with Crippen LogP contribution in [0.1, 0.15) is 23.2 Å². The first-order valence-corrected chi connectivity index (χ1v) is 9.35. The molecule has 1 atom stereocenters. The molecule has 3 aromatic rings. The van der Waals surface area contributed by atoms with Crippen LogP contribution in [0.3, 0.4) is 0 Å². The number of aromatic nitrogens is 4. The number of tetrazole rings is 1. The number of hydrogen-bond acceptors (Lipinski definition) is 6. The van der Waals surface area contributed by atoms with E-state index in [-0.39, 0.29) is 30.6 Å². The van der Waals surface area contributed by atoms with Gasteiger partial charge < -0.3 is 16.0 Å². The molecule has 1 aliphatic heterocycles. The molecule has 0 bridgehead atoms. The van der Waals surface area contributed by atoms with Gasteiger partial charge in [-0.15, -0.1) is 10.2 Å². The lowest BCUT2D eigenvalue weighted by molar-refractivity contribution is -0.118. The molecule has 1 aliphatic rings. The quantitative estimate of drug-likeness (QED) is 0.587. The van der Waals surface area contributed by atoms with Gasteiger partial charge in [-0.25, -0.2) is 0 Å². The third-order valence-electron chi connectivity index (χ3n) is 4.66. The number of anilines is 2. The summed E-state index contributed by atoms with van der Waals surface area (Å²) in [7, 11) is 1.65. The molecular weight excluding hydrogens is 386 g/mol. The lowest BCUT2D eigenvalue weighted by atomic mass is 10.1. The Kier molecular flexibility index (Phi) is 5.21. The van der Waals surface area contributed by atoms with E-state index >= 15 is 0 Å². The molecule has 0 spiro atoms. The maximum absolute atomic E-state index is 12.5. The fourth-order valence-electron chi connectivity index (χ4n) is 3.18. The van der Waals surface area contributed by atoms with Crippen molar-refractivity contribution in [1.82, 2.24) is 25.5 Å². The molecule has 10 heteroatoms. The van der Waals surface area contributed by atoms with Crippen LogP contribution in [0.25, 0.3) is 11.4 Å². The molecule has 2 heterocycles. The number of nitrogens with zero attached hydrogens (tertiary/aromatic N) is 4. The summed E-state index contributed by atoms with van der Waals surface area (Å²) in [6.45, 7) is 0. The molecule has 30 heavy (non-hydrogen) atoms. The van der Waals surface area contributed by atoms with Crippen LogP contribution in [-0.2, 0) is 16.6 Å². The highest BCUT2D eigenvalue weighted by Crippen LogP contribution is 2.25. The van der Waals surface area contributed by atoms with Gasteiger partial charge in [-0.2, -0.15) is 4.80 Å². The van der Waals surface area contributed by atoms with Crippen molar-refractivity contribution >= 4 is 29.1 Å². The van der Waals surface area contributed by atoms with Gasteiger partial charge in [-0.1, -0.05) is 24.3 Å². The molecule has 4 rings (SSSR count). The lowest BCUT2D eigenvalue weighted by Crippen LogP contribution is -2.41. The summed E-state index contributed by atoms with van der Waals surface area (Å²) < 4.78 is 0.